The molecule has 0 fully saturated rings. The Morgan fingerprint density at radius 3 is 2.53 bits per heavy atom. The van der Waals surface area contributed by atoms with Crippen LogP contribution in [0.15, 0.2) is 18.5 Å². The number of aryl methyl sites for hydroxylation is 1. The molecule has 0 atom stereocenters. The first-order chi connectivity index (χ1) is 7.99. The van der Waals surface area contributed by atoms with Crippen LogP contribution in [0.25, 0.3) is 10.4 Å². The summed E-state index contributed by atoms with van der Waals surface area (Å²) in [7, 11) is 1.66. The summed E-state index contributed by atoms with van der Waals surface area (Å²) in [5.41, 5.74) is 0.229. The maximum absolute atomic E-state index is 10.8. The lowest BCUT2D eigenvalue weighted by Crippen LogP contribution is -1.87. The van der Waals surface area contributed by atoms with Crippen LogP contribution in [0.1, 0.15) is 0 Å². The third kappa shape index (κ3) is 1.99. The van der Waals surface area contributed by atoms with E-state index in [1.807, 2.05) is 0 Å². The van der Waals surface area contributed by atoms with Gasteiger partial charge in [0.25, 0.3) is 5.69 Å². The van der Waals surface area contributed by atoms with Gasteiger partial charge in [0.05, 0.1) is 16.0 Å². The van der Waals surface area contributed by atoms with Gasteiger partial charge in [-0.2, -0.15) is 5.10 Å². The molecule has 0 amide bonds. The maximum atomic E-state index is 10.8. The lowest BCUT2D eigenvalue weighted by Gasteiger charge is -1.90. The highest BCUT2D eigenvalue weighted by Gasteiger charge is 2.26. The number of nitro groups is 2. The Morgan fingerprint density at radius 2 is 2.06 bits per heavy atom. The summed E-state index contributed by atoms with van der Waals surface area (Å²) in [6.07, 6.45) is 3.01. The summed E-state index contributed by atoms with van der Waals surface area (Å²) in [4.78, 5) is 20.4. The van der Waals surface area contributed by atoms with Gasteiger partial charge in [0.15, 0.2) is 0 Å². The van der Waals surface area contributed by atoms with Crippen molar-refractivity contribution in [1.82, 2.24) is 9.78 Å². The van der Waals surface area contributed by atoms with Gasteiger partial charge in [0, 0.05) is 18.8 Å². The van der Waals surface area contributed by atoms with Crippen molar-refractivity contribution in [2.45, 2.75) is 0 Å². The van der Waals surface area contributed by atoms with Gasteiger partial charge in [0.1, 0.15) is 10.9 Å². The Balaban J connectivity index is 2.59. The normalized spacial score (nSPS) is 10.4. The Bertz CT molecular complexity index is 602. The van der Waals surface area contributed by atoms with Gasteiger partial charge in [-0.1, -0.05) is 11.3 Å². The fraction of sp³-hybridized carbons (Fsp3) is 0.125. The number of aromatic nitrogens is 2. The van der Waals surface area contributed by atoms with Crippen LogP contribution in [0.5, 0.6) is 0 Å². The molecule has 88 valence electrons. The van der Waals surface area contributed by atoms with Crippen molar-refractivity contribution in [2.24, 2.45) is 7.05 Å². The van der Waals surface area contributed by atoms with Crippen LogP contribution in [0.2, 0.25) is 0 Å². The predicted molar refractivity (Wildman–Crippen MR) is 59.8 cm³/mol. The van der Waals surface area contributed by atoms with Gasteiger partial charge in [0.2, 0.25) is 0 Å². The molecule has 0 bridgehead atoms. The van der Waals surface area contributed by atoms with E-state index in [1.165, 1.54) is 10.9 Å². The topological polar surface area (TPSA) is 104 Å². The first kappa shape index (κ1) is 11.2. The minimum atomic E-state index is -0.641. The highest BCUT2D eigenvalue weighted by molar-refractivity contribution is 7.19. The van der Waals surface area contributed by atoms with Gasteiger partial charge >= 0.3 is 5.00 Å². The molecule has 8 nitrogen and oxygen atoms in total. The van der Waals surface area contributed by atoms with E-state index in [0.717, 1.165) is 17.4 Å². The Morgan fingerprint density at radius 1 is 1.35 bits per heavy atom. The summed E-state index contributed by atoms with van der Waals surface area (Å²) < 4.78 is 1.48. The lowest BCUT2D eigenvalue weighted by molar-refractivity contribution is -0.389. The van der Waals surface area contributed by atoms with Gasteiger partial charge in [-0.3, -0.25) is 24.9 Å². The second-order valence-corrected chi connectivity index (χ2v) is 4.25. The number of rotatable bonds is 3. The zero-order valence-corrected chi connectivity index (χ0v) is 9.38. The molecule has 0 aliphatic carbocycles. The van der Waals surface area contributed by atoms with Crippen LogP contribution in [0.3, 0.4) is 0 Å². The fourth-order valence-corrected chi connectivity index (χ4v) is 2.26. The van der Waals surface area contributed by atoms with Crippen molar-refractivity contribution in [3.8, 4) is 10.4 Å². The predicted octanol–water partition coefficient (Wildman–Crippen LogP) is 1.97. The van der Waals surface area contributed by atoms with Crippen molar-refractivity contribution in [3.05, 3.63) is 38.7 Å². The highest BCUT2D eigenvalue weighted by Crippen LogP contribution is 2.41. The van der Waals surface area contributed by atoms with Crippen LogP contribution < -0.4 is 0 Å². The van der Waals surface area contributed by atoms with Crippen molar-refractivity contribution in [1.29, 1.82) is 0 Å². The first-order valence-electron chi connectivity index (χ1n) is 4.40. The SMILES string of the molecule is Cn1cc(-c2sc([N+](=O)[O-])cc2[N+](=O)[O-])cn1. The van der Waals surface area contributed by atoms with E-state index in [1.54, 1.807) is 13.2 Å². The summed E-state index contributed by atoms with van der Waals surface area (Å²) in [6, 6.07) is 0.965. The first-order valence-corrected chi connectivity index (χ1v) is 5.22. The molecule has 0 spiro atoms. The van der Waals surface area contributed by atoms with Crippen molar-refractivity contribution in [2.75, 3.05) is 0 Å². The molecule has 2 aromatic rings. The summed E-state index contributed by atoms with van der Waals surface area (Å²) in [6.45, 7) is 0. The highest BCUT2D eigenvalue weighted by atomic mass is 32.1. The third-order valence-corrected chi connectivity index (χ3v) is 3.17. The third-order valence-electron chi connectivity index (χ3n) is 2.04. The molecule has 0 aromatic carbocycles. The van der Waals surface area contributed by atoms with Crippen LogP contribution in [-0.4, -0.2) is 19.6 Å². The molecule has 2 aromatic heterocycles. The molecular formula is C8H6N4O4S. The van der Waals surface area contributed by atoms with E-state index in [9.17, 15) is 20.2 Å². The average Bonchev–Trinajstić information content (AvgIpc) is 2.82. The molecule has 0 saturated carbocycles. The van der Waals surface area contributed by atoms with E-state index < -0.39 is 9.85 Å². The van der Waals surface area contributed by atoms with Gasteiger partial charge in [-0.25, -0.2) is 0 Å². The number of hydrogen-bond acceptors (Lipinski definition) is 6. The standard InChI is InChI=1S/C8H6N4O4S/c1-10-4-5(3-9-10)8-6(11(13)14)2-7(17-8)12(15)16/h2-4H,1H3. The molecule has 0 aliphatic rings. The van der Waals surface area contributed by atoms with Crippen molar-refractivity contribution >= 4 is 22.0 Å². The van der Waals surface area contributed by atoms with Crippen LogP contribution in [0.4, 0.5) is 10.7 Å². The average molecular weight is 254 g/mol. The monoisotopic (exact) mass is 254 g/mol. The van der Waals surface area contributed by atoms with Crippen LogP contribution >= 0.6 is 11.3 Å². The number of hydrogen-bond donors (Lipinski definition) is 0. The Kier molecular flexibility index (Phi) is 2.60. The van der Waals surface area contributed by atoms with Crippen molar-refractivity contribution < 1.29 is 9.85 Å². The molecule has 0 N–H and O–H groups in total. The van der Waals surface area contributed by atoms with E-state index in [4.69, 9.17) is 0 Å². The largest absolute Gasteiger partial charge is 0.331 e. The molecule has 0 unspecified atom stereocenters. The summed E-state index contributed by atoms with van der Waals surface area (Å²) >= 11 is 0.768. The van der Waals surface area contributed by atoms with E-state index in [2.05, 4.69) is 5.10 Å². The zero-order valence-electron chi connectivity index (χ0n) is 8.56. The zero-order chi connectivity index (χ0) is 12.6. The van der Waals surface area contributed by atoms with Gasteiger partial charge in [-0.05, 0) is 0 Å². The molecule has 2 rings (SSSR count). The van der Waals surface area contributed by atoms with E-state index in [-0.39, 0.29) is 15.6 Å². The second-order valence-electron chi connectivity index (χ2n) is 3.22. The smallest absolute Gasteiger partial charge is 0.275 e. The minimum Gasteiger partial charge on any atom is -0.275 e. The lowest BCUT2D eigenvalue weighted by atomic mass is 10.2. The number of thiophene rings is 1. The molecule has 0 aliphatic heterocycles. The van der Waals surface area contributed by atoms with Gasteiger partial charge in [-0.15, -0.1) is 0 Å². The van der Waals surface area contributed by atoms with Gasteiger partial charge < -0.3 is 0 Å². The molecule has 0 radical (unpaired) electrons. The molecule has 17 heavy (non-hydrogen) atoms. The maximum Gasteiger partial charge on any atom is 0.331 e. The Hall–Kier alpha value is -2.29. The minimum absolute atomic E-state index is 0.245. The van der Waals surface area contributed by atoms with Crippen LogP contribution in [-0.2, 0) is 7.05 Å². The van der Waals surface area contributed by atoms with Crippen LogP contribution in [0, 0.1) is 20.2 Å². The quantitative estimate of drug-likeness (QED) is 0.615. The summed E-state index contributed by atoms with van der Waals surface area (Å²) in [5, 5.41) is 25.0. The summed E-state index contributed by atoms with van der Waals surface area (Å²) in [5.74, 6) is 0. The van der Waals surface area contributed by atoms with E-state index >= 15 is 0 Å². The van der Waals surface area contributed by atoms with E-state index in [0.29, 0.717) is 5.56 Å². The fourth-order valence-electron chi connectivity index (χ4n) is 1.34. The van der Waals surface area contributed by atoms with Crippen molar-refractivity contribution in [3.63, 3.8) is 0 Å². The molecule has 2 heterocycles. The molecule has 0 saturated heterocycles. The molecular weight excluding hydrogens is 248 g/mol. The second kappa shape index (κ2) is 3.94. The Labute approximate surface area is 98.4 Å². The molecule has 9 heteroatoms. The number of nitrogens with zero attached hydrogens (tertiary/aromatic N) is 4.